The summed E-state index contributed by atoms with van der Waals surface area (Å²) in [7, 11) is 0. The first-order valence-corrected chi connectivity index (χ1v) is 7.85. The maximum Gasteiger partial charge on any atom is 0.316 e. The summed E-state index contributed by atoms with van der Waals surface area (Å²) in [6.45, 7) is 2.27. The number of hydrogen-bond acceptors (Lipinski definition) is 2. The van der Waals surface area contributed by atoms with Gasteiger partial charge in [0.05, 0.1) is 0 Å². The molecule has 3 rings (SSSR count). The molecule has 0 aromatic heterocycles. The second-order valence-corrected chi connectivity index (χ2v) is 5.40. The van der Waals surface area contributed by atoms with Crippen LogP contribution in [0.3, 0.4) is 0 Å². The van der Waals surface area contributed by atoms with E-state index in [0.717, 1.165) is 10.8 Å². The number of nitrogens with one attached hydrogen (secondary N) is 1. The van der Waals surface area contributed by atoms with E-state index in [1.165, 1.54) is 4.90 Å². The Morgan fingerprint density at radius 3 is 2.25 bits per heavy atom. The minimum absolute atomic E-state index is 0.425. The molecule has 0 unspecified atom stereocenters. The predicted molar refractivity (Wildman–Crippen MR) is 97.0 cm³/mol. The molecule has 0 aliphatic rings. The summed E-state index contributed by atoms with van der Waals surface area (Å²) in [5.74, 6) is -1.21. The lowest BCUT2D eigenvalue weighted by Crippen LogP contribution is -2.39. The third kappa shape index (κ3) is 3.27. The van der Waals surface area contributed by atoms with Crippen LogP contribution in [0.5, 0.6) is 0 Å². The maximum atomic E-state index is 12.5. The molecular weight excluding hydrogens is 300 g/mol. The van der Waals surface area contributed by atoms with E-state index in [1.54, 1.807) is 6.07 Å². The van der Waals surface area contributed by atoms with E-state index in [2.05, 4.69) is 5.32 Å². The zero-order valence-corrected chi connectivity index (χ0v) is 13.4. The Morgan fingerprint density at radius 1 is 0.875 bits per heavy atom. The van der Waals surface area contributed by atoms with Crippen LogP contribution in [0.25, 0.3) is 10.8 Å². The fourth-order valence-electron chi connectivity index (χ4n) is 2.63. The second-order valence-electron chi connectivity index (χ2n) is 5.40. The molecule has 4 nitrogen and oxygen atoms in total. The number of benzene rings is 3. The van der Waals surface area contributed by atoms with Gasteiger partial charge in [-0.1, -0.05) is 48.5 Å². The summed E-state index contributed by atoms with van der Waals surface area (Å²) in [4.78, 5) is 26.2. The maximum absolute atomic E-state index is 12.5. The van der Waals surface area contributed by atoms with Crippen LogP contribution in [-0.2, 0) is 9.59 Å². The average molecular weight is 318 g/mol. The lowest BCUT2D eigenvalue weighted by Gasteiger charge is -2.20. The van der Waals surface area contributed by atoms with Gasteiger partial charge in [-0.2, -0.15) is 0 Å². The van der Waals surface area contributed by atoms with E-state index in [-0.39, 0.29) is 0 Å². The molecule has 3 aromatic rings. The van der Waals surface area contributed by atoms with Crippen molar-refractivity contribution in [3.8, 4) is 0 Å². The molecule has 0 bridgehead atoms. The van der Waals surface area contributed by atoms with E-state index in [4.69, 9.17) is 0 Å². The van der Waals surface area contributed by atoms with Gasteiger partial charge in [-0.05, 0) is 42.0 Å². The van der Waals surface area contributed by atoms with Gasteiger partial charge in [-0.3, -0.25) is 9.59 Å². The minimum Gasteiger partial charge on any atom is -0.318 e. The van der Waals surface area contributed by atoms with E-state index < -0.39 is 11.8 Å². The lowest BCUT2D eigenvalue weighted by atomic mass is 10.1. The zero-order valence-electron chi connectivity index (χ0n) is 13.4. The number of para-hydroxylation sites is 1. The van der Waals surface area contributed by atoms with Crippen LogP contribution in [0, 0.1) is 0 Å². The highest BCUT2D eigenvalue weighted by atomic mass is 16.2. The van der Waals surface area contributed by atoms with Crippen molar-refractivity contribution in [2.24, 2.45) is 0 Å². The number of carbonyl (C=O) groups is 2. The molecule has 4 heteroatoms. The van der Waals surface area contributed by atoms with Crippen molar-refractivity contribution in [1.82, 2.24) is 0 Å². The first-order chi connectivity index (χ1) is 11.7. The monoisotopic (exact) mass is 318 g/mol. The molecule has 0 spiro atoms. The van der Waals surface area contributed by atoms with Gasteiger partial charge < -0.3 is 10.2 Å². The van der Waals surface area contributed by atoms with Gasteiger partial charge in [-0.15, -0.1) is 0 Å². The number of anilines is 2. The Labute approximate surface area is 140 Å². The van der Waals surface area contributed by atoms with E-state index in [9.17, 15) is 9.59 Å². The standard InChI is InChI=1S/C20H18N2O2/c1-2-22(18-10-4-3-5-11-18)20(24)19(23)21-17-13-12-15-8-6-7-9-16(15)14-17/h3-14H,2H2,1H3,(H,21,23). The first kappa shape index (κ1) is 15.7. The highest BCUT2D eigenvalue weighted by molar-refractivity contribution is 6.44. The highest BCUT2D eigenvalue weighted by Gasteiger charge is 2.22. The fraction of sp³-hybridized carbons (Fsp3) is 0.100. The molecule has 0 heterocycles. The quantitative estimate of drug-likeness (QED) is 0.746. The van der Waals surface area contributed by atoms with E-state index in [1.807, 2.05) is 73.7 Å². The van der Waals surface area contributed by atoms with Crippen molar-refractivity contribution in [3.63, 3.8) is 0 Å². The summed E-state index contributed by atoms with van der Waals surface area (Å²) in [5.41, 5.74) is 1.31. The molecule has 0 fully saturated rings. The largest absolute Gasteiger partial charge is 0.318 e. The van der Waals surface area contributed by atoms with Gasteiger partial charge in [0.15, 0.2) is 0 Å². The Morgan fingerprint density at radius 2 is 1.54 bits per heavy atom. The number of rotatable bonds is 3. The van der Waals surface area contributed by atoms with Crippen molar-refractivity contribution in [2.45, 2.75) is 6.92 Å². The summed E-state index contributed by atoms with van der Waals surface area (Å²) < 4.78 is 0. The van der Waals surface area contributed by atoms with Crippen LogP contribution in [-0.4, -0.2) is 18.4 Å². The van der Waals surface area contributed by atoms with Gasteiger partial charge in [0.2, 0.25) is 0 Å². The van der Waals surface area contributed by atoms with Crippen LogP contribution in [0.2, 0.25) is 0 Å². The van der Waals surface area contributed by atoms with Crippen molar-refractivity contribution in [1.29, 1.82) is 0 Å². The summed E-state index contributed by atoms with van der Waals surface area (Å²) in [5, 5.41) is 4.78. The number of fused-ring (bicyclic) bond motifs is 1. The smallest absolute Gasteiger partial charge is 0.316 e. The normalized spacial score (nSPS) is 10.4. The van der Waals surface area contributed by atoms with Gasteiger partial charge in [-0.25, -0.2) is 0 Å². The summed E-state index contributed by atoms with van der Waals surface area (Å²) in [6, 6.07) is 22.6. The molecular formula is C20H18N2O2. The highest BCUT2D eigenvalue weighted by Crippen LogP contribution is 2.19. The van der Waals surface area contributed by atoms with Crippen molar-refractivity contribution in [2.75, 3.05) is 16.8 Å². The molecule has 0 aliphatic carbocycles. The lowest BCUT2D eigenvalue weighted by molar-refractivity contribution is -0.134. The summed E-state index contributed by atoms with van der Waals surface area (Å²) >= 11 is 0. The van der Waals surface area contributed by atoms with Crippen LogP contribution < -0.4 is 10.2 Å². The predicted octanol–water partition coefficient (Wildman–Crippen LogP) is 3.83. The van der Waals surface area contributed by atoms with Gasteiger partial charge in [0, 0.05) is 17.9 Å². The number of likely N-dealkylation sites (N-methyl/N-ethyl adjacent to an activating group) is 1. The molecule has 120 valence electrons. The molecule has 0 saturated heterocycles. The third-order valence-electron chi connectivity index (χ3n) is 3.83. The topological polar surface area (TPSA) is 49.4 Å². The van der Waals surface area contributed by atoms with Crippen LogP contribution in [0.1, 0.15) is 6.92 Å². The van der Waals surface area contributed by atoms with Crippen LogP contribution in [0.4, 0.5) is 11.4 Å². The number of amides is 2. The van der Waals surface area contributed by atoms with Crippen LogP contribution >= 0.6 is 0 Å². The Balaban J connectivity index is 1.78. The molecule has 2 amide bonds. The average Bonchev–Trinajstić information content (AvgIpc) is 2.63. The van der Waals surface area contributed by atoms with E-state index in [0.29, 0.717) is 17.9 Å². The Hall–Kier alpha value is -3.14. The van der Waals surface area contributed by atoms with Gasteiger partial charge >= 0.3 is 11.8 Å². The molecule has 0 atom stereocenters. The Bertz CT molecular complexity index is 875. The molecule has 0 saturated carbocycles. The Kier molecular flexibility index (Phi) is 4.57. The fourth-order valence-corrected chi connectivity index (χ4v) is 2.63. The van der Waals surface area contributed by atoms with E-state index >= 15 is 0 Å². The molecule has 0 aliphatic heterocycles. The molecule has 0 radical (unpaired) electrons. The molecule has 3 aromatic carbocycles. The van der Waals surface area contributed by atoms with Crippen molar-refractivity contribution in [3.05, 3.63) is 72.8 Å². The summed E-state index contributed by atoms with van der Waals surface area (Å²) in [6.07, 6.45) is 0. The van der Waals surface area contributed by atoms with Crippen molar-refractivity contribution < 1.29 is 9.59 Å². The number of nitrogens with zero attached hydrogens (tertiary/aromatic N) is 1. The zero-order chi connectivity index (χ0) is 16.9. The van der Waals surface area contributed by atoms with Gasteiger partial charge in [0.25, 0.3) is 0 Å². The third-order valence-corrected chi connectivity index (χ3v) is 3.83. The van der Waals surface area contributed by atoms with Crippen LogP contribution in [0.15, 0.2) is 72.8 Å². The number of carbonyl (C=O) groups excluding carboxylic acids is 2. The first-order valence-electron chi connectivity index (χ1n) is 7.85. The minimum atomic E-state index is -0.643. The SMILES string of the molecule is CCN(C(=O)C(=O)Nc1ccc2ccccc2c1)c1ccccc1. The molecule has 24 heavy (non-hydrogen) atoms. The second kappa shape index (κ2) is 6.96. The molecule has 1 N–H and O–H groups in total. The van der Waals surface area contributed by atoms with Gasteiger partial charge in [0.1, 0.15) is 0 Å². The van der Waals surface area contributed by atoms with Crippen molar-refractivity contribution >= 4 is 34.0 Å². The number of hydrogen-bond donors (Lipinski definition) is 1.